The molecule has 2 N–H and O–H groups in total. The summed E-state index contributed by atoms with van der Waals surface area (Å²) in [7, 11) is 1.16. The van der Waals surface area contributed by atoms with Gasteiger partial charge in [-0.3, -0.25) is 0 Å². The first-order valence-electron chi connectivity index (χ1n) is 5.72. The second kappa shape index (κ2) is 5.97. The van der Waals surface area contributed by atoms with Crippen molar-refractivity contribution in [2.45, 2.75) is 0 Å². The van der Waals surface area contributed by atoms with Crippen molar-refractivity contribution in [3.8, 4) is 11.5 Å². The van der Waals surface area contributed by atoms with Gasteiger partial charge in [-0.15, -0.1) is 0 Å². The van der Waals surface area contributed by atoms with Crippen molar-refractivity contribution >= 4 is 23.3 Å². The zero-order valence-corrected chi connectivity index (χ0v) is 11.6. The summed E-state index contributed by atoms with van der Waals surface area (Å²) in [6, 6.07) is 5.26. The highest BCUT2D eigenvalue weighted by Gasteiger charge is 2.20. The minimum absolute atomic E-state index is 0.0286. The summed E-state index contributed by atoms with van der Waals surface area (Å²) in [4.78, 5) is 11.7. The lowest BCUT2D eigenvalue weighted by Crippen LogP contribution is -2.06. The van der Waals surface area contributed by atoms with Gasteiger partial charge in [0.1, 0.15) is 11.4 Å². The van der Waals surface area contributed by atoms with Crippen LogP contribution in [0.15, 0.2) is 30.3 Å². The van der Waals surface area contributed by atoms with Crippen LogP contribution in [0.25, 0.3) is 0 Å². The van der Waals surface area contributed by atoms with Crippen molar-refractivity contribution in [3.63, 3.8) is 0 Å². The number of carbonyl (C=O) groups excluding carboxylic acids is 1. The molecule has 110 valence electrons. The third kappa shape index (κ3) is 3.22. The van der Waals surface area contributed by atoms with Gasteiger partial charge < -0.3 is 15.2 Å². The van der Waals surface area contributed by atoms with Crippen LogP contribution in [0.2, 0.25) is 5.02 Å². The number of nitrogens with two attached hydrogens (primary N) is 1. The molecule has 0 atom stereocenters. The lowest BCUT2D eigenvalue weighted by atomic mass is 10.1. The van der Waals surface area contributed by atoms with Gasteiger partial charge in [-0.05, 0) is 24.3 Å². The monoisotopic (exact) mass is 313 g/mol. The molecule has 0 aliphatic heterocycles. The Bertz CT molecular complexity index is 707. The van der Waals surface area contributed by atoms with E-state index in [0.717, 1.165) is 25.3 Å². The standard InChI is InChI=1S/C14H10ClF2NO3/c1-20-14(19)9-5-8(18)6-10(15)13(9)21-12-4-7(16)2-3-11(12)17/h2-6H,18H2,1H3. The van der Waals surface area contributed by atoms with E-state index in [2.05, 4.69) is 4.74 Å². The summed E-state index contributed by atoms with van der Waals surface area (Å²) >= 11 is 5.95. The lowest BCUT2D eigenvalue weighted by Gasteiger charge is -2.13. The molecule has 4 nitrogen and oxygen atoms in total. The molecule has 0 aliphatic carbocycles. The van der Waals surface area contributed by atoms with E-state index in [1.807, 2.05) is 0 Å². The molecular formula is C14H10ClF2NO3. The number of benzene rings is 2. The predicted octanol–water partition coefficient (Wildman–Crippen LogP) is 3.78. The third-order valence-corrected chi connectivity index (χ3v) is 2.86. The Hall–Kier alpha value is -2.34. The van der Waals surface area contributed by atoms with Gasteiger partial charge in [-0.1, -0.05) is 11.6 Å². The van der Waals surface area contributed by atoms with Crippen molar-refractivity contribution in [2.75, 3.05) is 12.8 Å². The number of ether oxygens (including phenoxy) is 2. The molecule has 0 saturated heterocycles. The van der Waals surface area contributed by atoms with Crippen LogP contribution in [0.1, 0.15) is 10.4 Å². The van der Waals surface area contributed by atoms with Gasteiger partial charge in [-0.25, -0.2) is 13.6 Å². The minimum Gasteiger partial charge on any atom is -0.465 e. The van der Waals surface area contributed by atoms with Crippen LogP contribution >= 0.6 is 11.6 Å². The number of anilines is 1. The molecule has 0 spiro atoms. The molecule has 2 rings (SSSR count). The van der Waals surface area contributed by atoms with E-state index in [9.17, 15) is 13.6 Å². The quantitative estimate of drug-likeness (QED) is 0.692. The van der Waals surface area contributed by atoms with Gasteiger partial charge in [0.15, 0.2) is 17.3 Å². The number of hydrogen-bond donors (Lipinski definition) is 1. The van der Waals surface area contributed by atoms with E-state index in [1.54, 1.807) is 0 Å². The molecular weight excluding hydrogens is 304 g/mol. The highest BCUT2D eigenvalue weighted by Crippen LogP contribution is 2.36. The Labute approximate surface area is 124 Å². The van der Waals surface area contributed by atoms with Crippen molar-refractivity contribution in [2.24, 2.45) is 0 Å². The second-order valence-electron chi connectivity index (χ2n) is 4.05. The number of hydrogen-bond acceptors (Lipinski definition) is 4. The number of halogens is 3. The first-order chi connectivity index (χ1) is 9.92. The van der Waals surface area contributed by atoms with Gasteiger partial charge in [0, 0.05) is 11.8 Å². The molecule has 0 fully saturated rings. The van der Waals surface area contributed by atoms with Crippen LogP contribution in [-0.2, 0) is 4.74 Å². The molecule has 2 aromatic rings. The average Bonchev–Trinajstić information content (AvgIpc) is 2.44. The molecule has 0 aliphatic rings. The average molecular weight is 314 g/mol. The van der Waals surface area contributed by atoms with Crippen molar-refractivity contribution in [3.05, 3.63) is 52.6 Å². The molecule has 21 heavy (non-hydrogen) atoms. The first kappa shape index (κ1) is 15.1. The number of carbonyl (C=O) groups is 1. The molecule has 2 aromatic carbocycles. The molecule has 0 aromatic heterocycles. The Balaban J connectivity index is 2.53. The lowest BCUT2D eigenvalue weighted by molar-refractivity contribution is 0.0598. The van der Waals surface area contributed by atoms with Gasteiger partial charge >= 0.3 is 5.97 Å². The van der Waals surface area contributed by atoms with Crippen molar-refractivity contribution in [1.29, 1.82) is 0 Å². The summed E-state index contributed by atoms with van der Waals surface area (Å²) in [5.74, 6) is -2.84. The Morgan fingerprint density at radius 1 is 1.24 bits per heavy atom. The van der Waals surface area contributed by atoms with E-state index in [1.165, 1.54) is 12.1 Å². The van der Waals surface area contributed by atoms with E-state index in [-0.39, 0.29) is 22.0 Å². The smallest absolute Gasteiger partial charge is 0.341 e. The first-order valence-corrected chi connectivity index (χ1v) is 6.10. The Morgan fingerprint density at radius 3 is 2.62 bits per heavy atom. The van der Waals surface area contributed by atoms with Gasteiger partial charge in [-0.2, -0.15) is 0 Å². The fourth-order valence-corrected chi connectivity index (χ4v) is 1.91. The van der Waals surface area contributed by atoms with Crippen LogP contribution in [0.3, 0.4) is 0 Å². The molecule has 0 heterocycles. The van der Waals surface area contributed by atoms with Gasteiger partial charge in [0.2, 0.25) is 0 Å². The van der Waals surface area contributed by atoms with Crippen LogP contribution < -0.4 is 10.5 Å². The number of rotatable bonds is 3. The van der Waals surface area contributed by atoms with Gasteiger partial charge in [0.25, 0.3) is 0 Å². The van der Waals surface area contributed by atoms with Crippen molar-refractivity contribution in [1.82, 2.24) is 0 Å². The summed E-state index contributed by atoms with van der Waals surface area (Å²) < 4.78 is 36.6. The fourth-order valence-electron chi connectivity index (χ4n) is 1.65. The molecule has 0 radical (unpaired) electrons. The zero-order valence-electron chi connectivity index (χ0n) is 10.8. The van der Waals surface area contributed by atoms with Crippen LogP contribution in [0, 0.1) is 11.6 Å². The molecule has 0 unspecified atom stereocenters. The highest BCUT2D eigenvalue weighted by molar-refractivity contribution is 6.33. The molecule has 0 saturated carbocycles. The maximum absolute atomic E-state index is 13.6. The van der Waals surface area contributed by atoms with E-state index in [4.69, 9.17) is 22.1 Å². The predicted molar refractivity (Wildman–Crippen MR) is 73.6 cm³/mol. The van der Waals surface area contributed by atoms with E-state index < -0.39 is 23.4 Å². The topological polar surface area (TPSA) is 61.5 Å². The Kier molecular flexibility index (Phi) is 4.28. The van der Waals surface area contributed by atoms with Crippen LogP contribution in [-0.4, -0.2) is 13.1 Å². The number of methoxy groups -OCH3 is 1. The summed E-state index contributed by atoms with van der Waals surface area (Å²) in [5.41, 5.74) is 5.70. The SMILES string of the molecule is COC(=O)c1cc(N)cc(Cl)c1Oc1cc(F)ccc1F. The zero-order chi connectivity index (χ0) is 15.6. The number of nitrogen functional groups attached to an aromatic ring is 1. The maximum Gasteiger partial charge on any atom is 0.341 e. The van der Waals surface area contributed by atoms with E-state index >= 15 is 0 Å². The Morgan fingerprint density at radius 2 is 1.95 bits per heavy atom. The fraction of sp³-hybridized carbons (Fsp3) is 0.0714. The molecule has 0 amide bonds. The van der Waals surface area contributed by atoms with Crippen LogP contribution in [0.5, 0.6) is 11.5 Å². The third-order valence-electron chi connectivity index (χ3n) is 2.58. The maximum atomic E-state index is 13.6. The van der Waals surface area contributed by atoms with E-state index in [0.29, 0.717) is 0 Å². The highest BCUT2D eigenvalue weighted by atomic mass is 35.5. The summed E-state index contributed by atoms with van der Waals surface area (Å²) in [6.07, 6.45) is 0. The normalized spacial score (nSPS) is 10.3. The van der Waals surface area contributed by atoms with Crippen LogP contribution in [0.4, 0.5) is 14.5 Å². The van der Waals surface area contributed by atoms with Gasteiger partial charge in [0.05, 0.1) is 12.1 Å². The van der Waals surface area contributed by atoms with Crippen molar-refractivity contribution < 1.29 is 23.0 Å². The minimum atomic E-state index is -0.805. The number of esters is 1. The summed E-state index contributed by atoms with van der Waals surface area (Å²) in [5, 5.41) is -0.0286. The summed E-state index contributed by atoms with van der Waals surface area (Å²) in [6.45, 7) is 0. The second-order valence-corrected chi connectivity index (χ2v) is 4.45. The molecule has 7 heteroatoms. The largest absolute Gasteiger partial charge is 0.465 e. The molecule has 0 bridgehead atoms.